The summed E-state index contributed by atoms with van der Waals surface area (Å²) in [6.45, 7) is 13.0. The summed E-state index contributed by atoms with van der Waals surface area (Å²) in [6.07, 6.45) is 6.72. The third-order valence-corrected chi connectivity index (χ3v) is 14.9. The summed E-state index contributed by atoms with van der Waals surface area (Å²) >= 11 is 1.58. The molecule has 0 spiro atoms. The second-order valence-corrected chi connectivity index (χ2v) is 21.8. The molecule has 3 aliphatic heterocycles. The van der Waals surface area contributed by atoms with E-state index in [1.54, 1.807) is 17.4 Å². The number of hydrogen-bond acceptors (Lipinski definition) is 14. The van der Waals surface area contributed by atoms with Crippen molar-refractivity contribution in [3.05, 3.63) is 94.5 Å². The first-order chi connectivity index (χ1) is 35.1. The molecule has 2 fully saturated rings. The topological polar surface area (TPSA) is 234 Å². The first-order valence-electron chi connectivity index (χ1n) is 26.0. The average Bonchev–Trinajstić information content (AvgIpc) is 3.98. The van der Waals surface area contributed by atoms with E-state index in [4.69, 9.17) is 0 Å². The van der Waals surface area contributed by atoms with Crippen molar-refractivity contribution in [1.82, 2.24) is 50.9 Å². The maximum Gasteiger partial charge on any atom is 0.270 e. The van der Waals surface area contributed by atoms with Crippen molar-refractivity contribution in [3.8, 4) is 10.4 Å². The molecule has 0 unspecified atom stereocenters. The maximum absolute atomic E-state index is 14.0. The third-order valence-electron chi connectivity index (χ3n) is 13.9. The molecule has 0 bridgehead atoms. The SMILES string of the molecule is Cc1ncsc1-c1ccc(CNC(=O)[C@@H]2C[C@@H](O)CN2C(=O)[C@@H](NC(=O)CCCCCCCCC(=O)NCCN2CC(Nc3cc(C(=O)NC[C@H](O)CN4CCc5ccccc5C4)ncn3)C2)C(C)(C)C)cc1. The molecule has 5 heterocycles. The Morgan fingerprint density at radius 3 is 2.26 bits per heavy atom. The average molecular weight is 1020 g/mol. The van der Waals surface area contributed by atoms with E-state index in [1.165, 1.54) is 22.4 Å². The fourth-order valence-corrected chi connectivity index (χ4v) is 10.5. The molecule has 394 valence electrons. The zero-order valence-electron chi connectivity index (χ0n) is 42.9. The number of amides is 5. The molecule has 18 nitrogen and oxygen atoms in total. The molecule has 3 aliphatic rings. The molecule has 7 rings (SSSR count). The first-order valence-corrected chi connectivity index (χ1v) is 26.9. The van der Waals surface area contributed by atoms with Gasteiger partial charge in [-0.15, -0.1) is 11.3 Å². The van der Waals surface area contributed by atoms with Crippen LogP contribution >= 0.6 is 11.3 Å². The number of aromatic nitrogens is 3. The molecule has 4 atom stereocenters. The minimum Gasteiger partial charge on any atom is -0.391 e. The second-order valence-electron chi connectivity index (χ2n) is 20.9. The van der Waals surface area contributed by atoms with Gasteiger partial charge in [0, 0.05) is 90.8 Å². The predicted octanol–water partition coefficient (Wildman–Crippen LogP) is 4.20. The molecule has 0 aliphatic carbocycles. The minimum atomic E-state index is -0.871. The fourth-order valence-electron chi connectivity index (χ4n) is 9.72. The Labute approximate surface area is 433 Å². The molecule has 0 radical (unpaired) electrons. The normalized spacial score (nSPS) is 18.0. The van der Waals surface area contributed by atoms with Crippen LogP contribution in [-0.4, -0.2) is 152 Å². The van der Waals surface area contributed by atoms with E-state index >= 15 is 0 Å². The minimum absolute atomic E-state index is 0.0190. The molecule has 73 heavy (non-hydrogen) atoms. The van der Waals surface area contributed by atoms with Crippen LogP contribution in [0.5, 0.6) is 0 Å². The van der Waals surface area contributed by atoms with Crippen molar-refractivity contribution in [3.63, 3.8) is 0 Å². The number of carbonyl (C=O) groups is 5. The lowest BCUT2D eigenvalue weighted by molar-refractivity contribution is -0.144. The Bertz CT molecular complexity index is 2480. The number of likely N-dealkylation sites (tertiary alicyclic amines) is 2. The van der Waals surface area contributed by atoms with Gasteiger partial charge in [0.05, 0.1) is 34.3 Å². The van der Waals surface area contributed by atoms with Crippen LogP contribution in [0.2, 0.25) is 0 Å². The van der Waals surface area contributed by atoms with E-state index in [9.17, 15) is 34.2 Å². The zero-order chi connectivity index (χ0) is 51.9. The van der Waals surface area contributed by atoms with Gasteiger partial charge in [0.2, 0.25) is 23.6 Å². The Morgan fingerprint density at radius 1 is 0.836 bits per heavy atom. The Balaban J connectivity index is 0.703. The van der Waals surface area contributed by atoms with Crippen molar-refractivity contribution in [1.29, 1.82) is 0 Å². The monoisotopic (exact) mass is 1020 g/mol. The van der Waals surface area contributed by atoms with Gasteiger partial charge in [-0.3, -0.25) is 33.8 Å². The number of carbonyl (C=O) groups excluding carboxylic acids is 5. The standard InChI is InChI=1S/C54H75N11O7S/c1-36-49(73-35-60-36)39-19-17-37(18-20-39)27-56-52(71)45-25-42(66)33-65(45)53(72)50(54(2,3)4)62-48(69)16-10-8-6-5-7-9-15-47(68)55-22-24-64-30-41(31-64)61-46-26-44(58-34-59-46)51(70)57-28-43(67)32-63-23-21-38-13-11-12-14-40(38)29-63/h11-14,17-20,26,34-35,41-43,45,50,66-67H,5-10,15-16,21-25,27-33H2,1-4H3,(H,55,68)(H,56,71)(H,57,70)(H,62,69)(H,58,59,61)/t42-,43+,45+,50-/m1/s1. The van der Waals surface area contributed by atoms with Gasteiger partial charge in [0.15, 0.2) is 0 Å². The highest BCUT2D eigenvalue weighted by Gasteiger charge is 2.44. The van der Waals surface area contributed by atoms with Crippen LogP contribution in [0, 0.1) is 12.3 Å². The van der Waals surface area contributed by atoms with Gasteiger partial charge in [-0.25, -0.2) is 15.0 Å². The number of unbranched alkanes of at least 4 members (excludes halogenated alkanes) is 5. The molecule has 4 aromatic rings. The van der Waals surface area contributed by atoms with Crippen molar-refractivity contribution in [2.75, 3.05) is 57.7 Å². The molecule has 2 saturated heterocycles. The van der Waals surface area contributed by atoms with Crippen LogP contribution in [0.4, 0.5) is 5.82 Å². The summed E-state index contributed by atoms with van der Waals surface area (Å²) in [4.78, 5) is 85.7. The summed E-state index contributed by atoms with van der Waals surface area (Å²) in [7, 11) is 0. The first kappa shape index (κ1) is 54.9. The largest absolute Gasteiger partial charge is 0.391 e. The number of β-amino-alcohol motifs (C(OH)–C–C–N with tert-alkyl or cyclic N) is 2. The molecule has 19 heteroatoms. The summed E-state index contributed by atoms with van der Waals surface area (Å²) in [5.41, 5.74) is 6.98. The van der Waals surface area contributed by atoms with E-state index in [-0.39, 0.29) is 73.7 Å². The quantitative estimate of drug-likeness (QED) is 0.0462. The number of rotatable bonds is 25. The highest BCUT2D eigenvalue weighted by molar-refractivity contribution is 7.13. The number of hydrogen-bond donors (Lipinski definition) is 7. The highest BCUT2D eigenvalue weighted by Crippen LogP contribution is 2.29. The lowest BCUT2D eigenvalue weighted by Gasteiger charge is -2.39. The van der Waals surface area contributed by atoms with Gasteiger partial charge >= 0.3 is 0 Å². The Kier molecular flexibility index (Phi) is 19.8. The van der Waals surface area contributed by atoms with Crippen LogP contribution in [0.25, 0.3) is 10.4 Å². The summed E-state index contributed by atoms with van der Waals surface area (Å²) in [6, 6.07) is 16.3. The van der Waals surface area contributed by atoms with Crippen LogP contribution in [0.1, 0.15) is 111 Å². The van der Waals surface area contributed by atoms with Crippen molar-refractivity contribution in [2.45, 2.75) is 135 Å². The Morgan fingerprint density at radius 2 is 1.55 bits per heavy atom. The number of fused-ring (bicyclic) bond motifs is 1. The number of aryl methyl sites for hydroxylation is 1. The number of anilines is 1. The van der Waals surface area contributed by atoms with E-state index in [1.807, 2.05) is 63.5 Å². The van der Waals surface area contributed by atoms with Gasteiger partial charge < -0.3 is 41.7 Å². The van der Waals surface area contributed by atoms with Crippen LogP contribution in [-0.2, 0) is 38.7 Å². The molecule has 0 saturated carbocycles. The zero-order valence-corrected chi connectivity index (χ0v) is 43.7. The van der Waals surface area contributed by atoms with E-state index < -0.39 is 29.7 Å². The van der Waals surface area contributed by atoms with Crippen molar-refractivity contribution in [2.24, 2.45) is 5.41 Å². The van der Waals surface area contributed by atoms with Gasteiger partial charge in [-0.1, -0.05) is 95.0 Å². The van der Waals surface area contributed by atoms with E-state index in [0.29, 0.717) is 31.7 Å². The lowest BCUT2D eigenvalue weighted by atomic mass is 9.85. The number of thiazole rings is 1. The third kappa shape index (κ3) is 16.3. The summed E-state index contributed by atoms with van der Waals surface area (Å²) in [5, 5.41) is 36.3. The summed E-state index contributed by atoms with van der Waals surface area (Å²) in [5.74, 6) is -0.717. The van der Waals surface area contributed by atoms with E-state index in [2.05, 4.69) is 69.5 Å². The van der Waals surface area contributed by atoms with Crippen molar-refractivity contribution < 1.29 is 34.2 Å². The molecular weight excluding hydrogens is 947 g/mol. The van der Waals surface area contributed by atoms with Crippen LogP contribution in [0.15, 0.2) is 66.4 Å². The van der Waals surface area contributed by atoms with Crippen LogP contribution < -0.4 is 26.6 Å². The van der Waals surface area contributed by atoms with Gasteiger partial charge in [-0.2, -0.15) is 0 Å². The fraction of sp³-hybridized carbons (Fsp3) is 0.556. The summed E-state index contributed by atoms with van der Waals surface area (Å²) < 4.78 is 0. The Hall–Kier alpha value is -5.86. The second kappa shape index (κ2) is 26.4. The number of aliphatic hydroxyl groups is 2. The molecule has 2 aromatic carbocycles. The maximum atomic E-state index is 14.0. The lowest BCUT2D eigenvalue weighted by Crippen LogP contribution is -2.57. The van der Waals surface area contributed by atoms with Gasteiger partial charge in [0.25, 0.3) is 5.91 Å². The molecule has 5 amide bonds. The highest BCUT2D eigenvalue weighted by atomic mass is 32.1. The van der Waals surface area contributed by atoms with Crippen molar-refractivity contribution >= 4 is 46.7 Å². The smallest absolute Gasteiger partial charge is 0.270 e. The molecule has 2 aromatic heterocycles. The number of benzene rings is 2. The van der Waals surface area contributed by atoms with Crippen LogP contribution in [0.3, 0.4) is 0 Å². The van der Waals surface area contributed by atoms with E-state index in [0.717, 1.165) is 92.9 Å². The predicted molar refractivity (Wildman–Crippen MR) is 281 cm³/mol. The molecule has 7 N–H and O–H groups in total. The van der Waals surface area contributed by atoms with Gasteiger partial charge in [0.1, 0.15) is 29.9 Å². The number of nitrogens with one attached hydrogen (secondary N) is 5. The number of nitrogens with zero attached hydrogens (tertiary/aromatic N) is 6. The molecular formula is C54H75N11O7S. The van der Waals surface area contributed by atoms with Gasteiger partial charge in [-0.05, 0) is 53.9 Å². The number of aliphatic hydroxyl groups excluding tert-OH is 2.